The van der Waals surface area contributed by atoms with Gasteiger partial charge in [-0.15, -0.1) is 5.10 Å². The highest BCUT2D eigenvalue weighted by Crippen LogP contribution is 2.15. The number of hydrogen-bond donors (Lipinski definition) is 1. The van der Waals surface area contributed by atoms with E-state index in [-0.39, 0.29) is 11.9 Å². The lowest BCUT2D eigenvalue weighted by atomic mass is 10.1. The van der Waals surface area contributed by atoms with Gasteiger partial charge in [0.15, 0.2) is 0 Å². The topological polar surface area (TPSA) is 72.7 Å². The van der Waals surface area contributed by atoms with Crippen molar-refractivity contribution in [1.29, 1.82) is 0 Å². The molecule has 0 aliphatic rings. The second kappa shape index (κ2) is 4.91. The molecular formula is C11H12FN5O. The number of carbonyl (C=O) groups is 1. The van der Waals surface area contributed by atoms with Crippen LogP contribution in [0, 0.1) is 5.82 Å². The Hall–Kier alpha value is -2.31. The summed E-state index contributed by atoms with van der Waals surface area (Å²) in [5, 5.41) is 13.3. The summed E-state index contributed by atoms with van der Waals surface area (Å²) in [6.07, 6.45) is 1.31. The van der Waals surface area contributed by atoms with Crippen molar-refractivity contribution in [3.63, 3.8) is 0 Å². The number of carbonyl (C=O) groups excluding carboxylic acids is 1. The fraction of sp³-hybridized carbons (Fsp3) is 0.273. The van der Waals surface area contributed by atoms with Crippen LogP contribution in [0.4, 0.5) is 4.39 Å². The Morgan fingerprint density at radius 3 is 2.83 bits per heavy atom. The lowest BCUT2D eigenvalue weighted by molar-refractivity contribution is 0.0943. The molecule has 0 saturated carbocycles. The Kier molecular flexibility index (Phi) is 3.31. The minimum absolute atomic E-state index is 0.00993. The summed E-state index contributed by atoms with van der Waals surface area (Å²) in [5.41, 5.74) is 0.621. The number of aromatic nitrogens is 4. The van der Waals surface area contributed by atoms with Gasteiger partial charge in [-0.05, 0) is 36.4 Å². The number of rotatable bonds is 3. The summed E-state index contributed by atoms with van der Waals surface area (Å²) in [6, 6.07) is 3.84. The molecule has 1 heterocycles. The summed E-state index contributed by atoms with van der Waals surface area (Å²) >= 11 is 0. The first-order chi connectivity index (χ1) is 8.58. The van der Waals surface area contributed by atoms with Gasteiger partial charge in [0.25, 0.3) is 5.91 Å². The lowest BCUT2D eigenvalue weighted by Gasteiger charge is -2.11. The third-order valence-corrected chi connectivity index (χ3v) is 2.22. The first kappa shape index (κ1) is 12.2. The largest absolute Gasteiger partial charge is 0.350 e. The molecule has 0 atom stereocenters. The average molecular weight is 249 g/mol. The van der Waals surface area contributed by atoms with Crippen molar-refractivity contribution >= 4 is 5.91 Å². The standard InChI is InChI=1S/C11H12FN5O/c1-7(2)14-11(18)9-4-3-8(12)5-10(9)17-6-13-15-16-17/h3-7H,1-2H3,(H,14,18). The molecule has 2 aromatic rings. The highest BCUT2D eigenvalue weighted by Gasteiger charge is 2.15. The van der Waals surface area contributed by atoms with Crippen LogP contribution in [0.3, 0.4) is 0 Å². The molecule has 2 rings (SSSR count). The highest BCUT2D eigenvalue weighted by atomic mass is 19.1. The molecule has 7 heteroatoms. The van der Waals surface area contributed by atoms with E-state index < -0.39 is 5.82 Å². The number of nitrogens with zero attached hydrogens (tertiary/aromatic N) is 4. The molecule has 0 radical (unpaired) electrons. The molecule has 0 bridgehead atoms. The Balaban J connectivity index is 2.44. The normalized spacial score (nSPS) is 10.7. The van der Waals surface area contributed by atoms with Crippen LogP contribution in [-0.2, 0) is 0 Å². The minimum atomic E-state index is -0.457. The van der Waals surface area contributed by atoms with E-state index in [1.807, 2.05) is 13.8 Å². The number of nitrogens with one attached hydrogen (secondary N) is 1. The first-order valence-electron chi connectivity index (χ1n) is 5.41. The van der Waals surface area contributed by atoms with E-state index in [9.17, 15) is 9.18 Å². The van der Waals surface area contributed by atoms with Crippen molar-refractivity contribution in [2.24, 2.45) is 0 Å². The summed E-state index contributed by atoms with van der Waals surface area (Å²) in [7, 11) is 0. The van der Waals surface area contributed by atoms with E-state index >= 15 is 0 Å². The second-order valence-corrected chi connectivity index (χ2v) is 4.04. The van der Waals surface area contributed by atoms with Crippen molar-refractivity contribution in [1.82, 2.24) is 25.5 Å². The molecule has 1 aromatic carbocycles. The van der Waals surface area contributed by atoms with Gasteiger partial charge in [-0.1, -0.05) is 0 Å². The van der Waals surface area contributed by atoms with Gasteiger partial charge in [-0.2, -0.15) is 4.68 Å². The van der Waals surface area contributed by atoms with Gasteiger partial charge in [0, 0.05) is 12.1 Å². The first-order valence-corrected chi connectivity index (χ1v) is 5.41. The maximum atomic E-state index is 13.3. The SMILES string of the molecule is CC(C)NC(=O)c1ccc(F)cc1-n1cnnn1. The van der Waals surface area contributed by atoms with Crippen molar-refractivity contribution in [2.45, 2.75) is 19.9 Å². The van der Waals surface area contributed by atoms with Gasteiger partial charge in [-0.3, -0.25) is 4.79 Å². The lowest BCUT2D eigenvalue weighted by Crippen LogP contribution is -2.31. The molecule has 0 unspecified atom stereocenters. The number of halogens is 1. The van der Waals surface area contributed by atoms with Crippen LogP contribution in [0.5, 0.6) is 0 Å². The van der Waals surface area contributed by atoms with Crippen LogP contribution < -0.4 is 5.32 Å². The molecule has 0 aliphatic carbocycles. The summed E-state index contributed by atoms with van der Waals surface area (Å²) in [6.45, 7) is 3.69. The third-order valence-electron chi connectivity index (χ3n) is 2.22. The van der Waals surface area contributed by atoms with Gasteiger partial charge >= 0.3 is 0 Å². The monoisotopic (exact) mass is 249 g/mol. The van der Waals surface area contributed by atoms with E-state index in [1.165, 1.54) is 29.2 Å². The summed E-state index contributed by atoms with van der Waals surface area (Å²) < 4.78 is 14.5. The van der Waals surface area contributed by atoms with Crippen LogP contribution >= 0.6 is 0 Å². The van der Waals surface area contributed by atoms with Crippen molar-refractivity contribution in [3.05, 3.63) is 35.9 Å². The Bertz CT molecular complexity index is 553. The van der Waals surface area contributed by atoms with Crippen molar-refractivity contribution in [2.75, 3.05) is 0 Å². The molecule has 0 spiro atoms. The quantitative estimate of drug-likeness (QED) is 0.878. The molecule has 0 saturated heterocycles. The van der Waals surface area contributed by atoms with E-state index in [1.54, 1.807) is 0 Å². The molecule has 94 valence electrons. The minimum Gasteiger partial charge on any atom is -0.350 e. The Morgan fingerprint density at radius 2 is 2.22 bits per heavy atom. The van der Waals surface area contributed by atoms with Crippen LogP contribution in [0.2, 0.25) is 0 Å². The predicted molar refractivity (Wildman–Crippen MR) is 61.7 cm³/mol. The number of hydrogen-bond acceptors (Lipinski definition) is 4. The highest BCUT2D eigenvalue weighted by molar-refractivity contribution is 5.97. The third kappa shape index (κ3) is 2.50. The van der Waals surface area contributed by atoms with Gasteiger partial charge in [-0.25, -0.2) is 4.39 Å². The smallest absolute Gasteiger partial charge is 0.253 e. The van der Waals surface area contributed by atoms with Crippen LogP contribution in [0.25, 0.3) is 5.69 Å². The Morgan fingerprint density at radius 1 is 1.44 bits per heavy atom. The number of amides is 1. The zero-order valence-corrected chi connectivity index (χ0v) is 9.96. The van der Waals surface area contributed by atoms with E-state index in [0.29, 0.717) is 11.3 Å². The zero-order valence-electron chi connectivity index (χ0n) is 9.96. The van der Waals surface area contributed by atoms with Crippen LogP contribution in [0.15, 0.2) is 24.5 Å². The molecule has 1 N–H and O–H groups in total. The molecule has 18 heavy (non-hydrogen) atoms. The van der Waals surface area contributed by atoms with E-state index in [0.717, 1.165) is 0 Å². The van der Waals surface area contributed by atoms with Gasteiger partial charge in [0.2, 0.25) is 0 Å². The fourth-order valence-electron chi connectivity index (χ4n) is 1.50. The molecular weight excluding hydrogens is 237 g/mol. The van der Waals surface area contributed by atoms with Crippen LogP contribution in [0.1, 0.15) is 24.2 Å². The number of tetrazole rings is 1. The zero-order chi connectivity index (χ0) is 13.1. The van der Waals surface area contributed by atoms with Crippen molar-refractivity contribution in [3.8, 4) is 5.69 Å². The second-order valence-electron chi connectivity index (χ2n) is 4.04. The Labute approximate surface area is 103 Å². The molecule has 1 amide bonds. The van der Waals surface area contributed by atoms with E-state index in [2.05, 4.69) is 20.8 Å². The van der Waals surface area contributed by atoms with Crippen LogP contribution in [-0.4, -0.2) is 32.2 Å². The summed E-state index contributed by atoms with van der Waals surface area (Å²) in [4.78, 5) is 12.0. The molecule has 0 fully saturated rings. The maximum absolute atomic E-state index is 13.3. The van der Waals surface area contributed by atoms with E-state index in [4.69, 9.17) is 0 Å². The predicted octanol–water partition coefficient (Wildman–Crippen LogP) is 0.940. The van der Waals surface area contributed by atoms with Gasteiger partial charge in [0.05, 0.1) is 11.3 Å². The molecule has 6 nitrogen and oxygen atoms in total. The average Bonchev–Trinajstić information content (AvgIpc) is 2.80. The summed E-state index contributed by atoms with van der Waals surface area (Å²) in [5.74, 6) is -0.753. The fourth-order valence-corrected chi connectivity index (χ4v) is 1.50. The van der Waals surface area contributed by atoms with Gasteiger partial charge in [0.1, 0.15) is 12.1 Å². The van der Waals surface area contributed by atoms with Crippen molar-refractivity contribution < 1.29 is 9.18 Å². The van der Waals surface area contributed by atoms with Gasteiger partial charge < -0.3 is 5.32 Å². The molecule has 1 aromatic heterocycles. The maximum Gasteiger partial charge on any atom is 0.253 e. The number of benzene rings is 1. The molecule has 0 aliphatic heterocycles.